The van der Waals surface area contributed by atoms with E-state index >= 15 is 0 Å². The molecule has 0 aliphatic rings. The Morgan fingerprint density at radius 2 is 1.78 bits per heavy atom. The fourth-order valence-electron chi connectivity index (χ4n) is 2.49. The fourth-order valence-corrected chi connectivity index (χ4v) is 2.49. The summed E-state index contributed by atoms with van der Waals surface area (Å²) in [5.41, 5.74) is 1.96. The number of methoxy groups -OCH3 is 2. The Hall–Kier alpha value is -3.52. The van der Waals surface area contributed by atoms with Crippen molar-refractivity contribution >= 4 is 17.6 Å². The van der Waals surface area contributed by atoms with E-state index in [0.717, 1.165) is 5.56 Å². The van der Waals surface area contributed by atoms with E-state index in [4.69, 9.17) is 14.2 Å². The van der Waals surface area contributed by atoms with Gasteiger partial charge in [0.1, 0.15) is 11.6 Å². The van der Waals surface area contributed by atoms with Crippen molar-refractivity contribution in [2.75, 3.05) is 20.8 Å². The molecule has 0 spiro atoms. The summed E-state index contributed by atoms with van der Waals surface area (Å²) < 4.78 is 15.6. The van der Waals surface area contributed by atoms with Gasteiger partial charge in [-0.2, -0.15) is 5.26 Å². The third kappa shape index (κ3) is 4.99. The first kappa shape index (κ1) is 19.8. The summed E-state index contributed by atoms with van der Waals surface area (Å²) in [6.45, 7) is 1.88. The van der Waals surface area contributed by atoms with Crippen LogP contribution in [0, 0.1) is 11.3 Å². The molecule has 2 aromatic carbocycles. The SMILES string of the molecule is CCOC(=O)/C(C#N)=C(/C=C/c1ccccc1)c1ccc(OC)c(OC)c1. The highest BCUT2D eigenvalue weighted by Crippen LogP contribution is 2.32. The number of carbonyl (C=O) groups excluding carboxylic acids is 1. The smallest absolute Gasteiger partial charge is 0.349 e. The van der Waals surface area contributed by atoms with Gasteiger partial charge in [-0.1, -0.05) is 48.6 Å². The molecule has 0 saturated carbocycles. The highest BCUT2D eigenvalue weighted by Gasteiger charge is 2.18. The quantitative estimate of drug-likeness (QED) is 0.318. The lowest BCUT2D eigenvalue weighted by atomic mass is 9.98. The predicted octanol–water partition coefficient (Wildman–Crippen LogP) is 4.26. The highest BCUT2D eigenvalue weighted by atomic mass is 16.5. The lowest BCUT2D eigenvalue weighted by Crippen LogP contribution is -2.08. The van der Waals surface area contributed by atoms with Gasteiger partial charge < -0.3 is 14.2 Å². The summed E-state index contributed by atoms with van der Waals surface area (Å²) >= 11 is 0. The number of nitriles is 1. The number of esters is 1. The second-order valence-corrected chi connectivity index (χ2v) is 5.43. The first-order valence-electron chi connectivity index (χ1n) is 8.41. The fraction of sp³-hybridized carbons (Fsp3) is 0.182. The summed E-state index contributed by atoms with van der Waals surface area (Å²) in [5, 5.41) is 9.58. The molecule has 5 nitrogen and oxygen atoms in total. The number of allylic oxidation sites excluding steroid dienone is 2. The van der Waals surface area contributed by atoms with Gasteiger partial charge in [-0.25, -0.2) is 4.79 Å². The molecular formula is C22H21NO4. The summed E-state index contributed by atoms with van der Waals surface area (Å²) in [5.74, 6) is 0.395. The Labute approximate surface area is 159 Å². The van der Waals surface area contributed by atoms with Crippen molar-refractivity contribution in [3.8, 4) is 17.6 Å². The number of carbonyl (C=O) groups is 1. The van der Waals surface area contributed by atoms with Crippen LogP contribution in [0.3, 0.4) is 0 Å². The second-order valence-electron chi connectivity index (χ2n) is 5.43. The largest absolute Gasteiger partial charge is 0.493 e. The highest BCUT2D eigenvalue weighted by molar-refractivity contribution is 6.04. The van der Waals surface area contributed by atoms with Gasteiger partial charge in [0, 0.05) is 5.57 Å². The molecule has 0 heterocycles. The van der Waals surface area contributed by atoms with Crippen molar-refractivity contribution in [3.63, 3.8) is 0 Å². The van der Waals surface area contributed by atoms with E-state index in [9.17, 15) is 10.1 Å². The second kappa shape index (κ2) is 9.83. The average Bonchev–Trinajstić information content (AvgIpc) is 2.71. The molecular weight excluding hydrogens is 342 g/mol. The van der Waals surface area contributed by atoms with Crippen molar-refractivity contribution < 1.29 is 19.0 Å². The zero-order chi connectivity index (χ0) is 19.6. The Bertz CT molecular complexity index is 892. The number of benzene rings is 2. The zero-order valence-electron chi connectivity index (χ0n) is 15.6. The Balaban J connectivity index is 2.61. The van der Waals surface area contributed by atoms with Gasteiger partial charge in [0.25, 0.3) is 0 Å². The number of hydrogen-bond donors (Lipinski definition) is 0. The Morgan fingerprint density at radius 1 is 1.07 bits per heavy atom. The van der Waals surface area contributed by atoms with Crippen molar-refractivity contribution in [1.82, 2.24) is 0 Å². The van der Waals surface area contributed by atoms with Crippen LogP contribution in [0.4, 0.5) is 0 Å². The first-order valence-corrected chi connectivity index (χ1v) is 8.41. The van der Waals surface area contributed by atoms with Gasteiger partial charge in [-0.05, 0) is 30.2 Å². The molecule has 0 aliphatic heterocycles. The van der Waals surface area contributed by atoms with Crippen LogP contribution in [-0.4, -0.2) is 26.8 Å². The summed E-state index contributed by atoms with van der Waals surface area (Å²) in [6, 6.07) is 16.8. The minimum atomic E-state index is -0.664. The van der Waals surface area contributed by atoms with Crippen LogP contribution in [0.1, 0.15) is 18.1 Å². The van der Waals surface area contributed by atoms with Crippen molar-refractivity contribution in [2.45, 2.75) is 6.92 Å². The monoisotopic (exact) mass is 363 g/mol. The van der Waals surface area contributed by atoms with E-state index in [1.54, 1.807) is 38.3 Å². The number of ether oxygens (including phenoxy) is 3. The summed E-state index contributed by atoms with van der Waals surface area (Å²) in [4.78, 5) is 12.3. The van der Waals surface area contributed by atoms with Crippen LogP contribution in [0.2, 0.25) is 0 Å². The Morgan fingerprint density at radius 3 is 2.37 bits per heavy atom. The molecule has 27 heavy (non-hydrogen) atoms. The van der Waals surface area contributed by atoms with E-state index in [2.05, 4.69) is 0 Å². The van der Waals surface area contributed by atoms with Crippen molar-refractivity contribution in [1.29, 1.82) is 5.26 Å². The van der Waals surface area contributed by atoms with E-state index in [1.165, 1.54) is 7.11 Å². The van der Waals surface area contributed by atoms with E-state index < -0.39 is 5.97 Å². The van der Waals surface area contributed by atoms with Crippen LogP contribution in [0.5, 0.6) is 11.5 Å². The molecule has 2 rings (SSSR count). The molecule has 0 amide bonds. The maximum atomic E-state index is 12.3. The van der Waals surface area contributed by atoms with Gasteiger partial charge >= 0.3 is 5.97 Å². The molecule has 0 N–H and O–H groups in total. The molecule has 0 atom stereocenters. The third-order valence-corrected chi connectivity index (χ3v) is 3.80. The van der Waals surface area contributed by atoms with E-state index in [1.807, 2.05) is 42.5 Å². The molecule has 0 aliphatic carbocycles. The van der Waals surface area contributed by atoms with Crippen LogP contribution >= 0.6 is 0 Å². The molecule has 0 bridgehead atoms. The van der Waals surface area contributed by atoms with Crippen LogP contribution in [0.25, 0.3) is 11.6 Å². The Kier molecular flexibility index (Phi) is 7.21. The molecule has 0 radical (unpaired) electrons. The summed E-state index contributed by atoms with van der Waals surface area (Å²) in [7, 11) is 3.07. The maximum absolute atomic E-state index is 12.3. The normalized spacial score (nSPS) is 11.5. The predicted molar refractivity (Wildman–Crippen MR) is 104 cm³/mol. The molecule has 2 aromatic rings. The molecule has 0 unspecified atom stereocenters. The van der Waals surface area contributed by atoms with Crippen LogP contribution in [-0.2, 0) is 9.53 Å². The molecule has 0 fully saturated rings. The molecule has 0 saturated heterocycles. The number of hydrogen-bond acceptors (Lipinski definition) is 5. The maximum Gasteiger partial charge on any atom is 0.349 e. The van der Waals surface area contributed by atoms with Gasteiger partial charge in [0.05, 0.1) is 20.8 Å². The number of rotatable bonds is 7. The standard InChI is InChI=1S/C22H21NO4/c1-4-27-22(24)19(15-23)18(12-10-16-8-6-5-7-9-16)17-11-13-20(25-2)21(14-17)26-3/h5-14H,4H2,1-3H3/b12-10+,19-18-. The average molecular weight is 363 g/mol. The van der Waals surface area contributed by atoms with E-state index in [-0.39, 0.29) is 12.2 Å². The first-order chi connectivity index (χ1) is 13.1. The van der Waals surface area contributed by atoms with Crippen molar-refractivity contribution in [3.05, 3.63) is 71.3 Å². The minimum Gasteiger partial charge on any atom is -0.493 e. The van der Waals surface area contributed by atoms with Gasteiger partial charge in [0.15, 0.2) is 11.5 Å². The zero-order valence-corrected chi connectivity index (χ0v) is 15.6. The molecule has 138 valence electrons. The molecule has 5 heteroatoms. The van der Waals surface area contributed by atoms with Gasteiger partial charge in [-0.15, -0.1) is 0 Å². The molecule has 0 aromatic heterocycles. The van der Waals surface area contributed by atoms with Crippen LogP contribution < -0.4 is 9.47 Å². The van der Waals surface area contributed by atoms with Crippen LogP contribution in [0.15, 0.2) is 60.2 Å². The van der Waals surface area contributed by atoms with E-state index in [0.29, 0.717) is 22.6 Å². The summed E-state index contributed by atoms with van der Waals surface area (Å²) in [6.07, 6.45) is 3.56. The number of nitrogens with zero attached hydrogens (tertiary/aromatic N) is 1. The van der Waals surface area contributed by atoms with Gasteiger partial charge in [-0.3, -0.25) is 0 Å². The van der Waals surface area contributed by atoms with Crippen molar-refractivity contribution in [2.24, 2.45) is 0 Å². The minimum absolute atomic E-state index is 0.0729. The third-order valence-electron chi connectivity index (χ3n) is 3.80. The lowest BCUT2D eigenvalue weighted by molar-refractivity contribution is -0.137. The topological polar surface area (TPSA) is 68.6 Å². The lowest BCUT2D eigenvalue weighted by Gasteiger charge is -2.11. The van der Waals surface area contributed by atoms with Gasteiger partial charge in [0.2, 0.25) is 0 Å².